The number of sulfonamides is 1. The first-order valence-corrected chi connectivity index (χ1v) is 6.39. The summed E-state index contributed by atoms with van der Waals surface area (Å²) in [6, 6.07) is 0. The van der Waals surface area contributed by atoms with E-state index in [1.54, 1.807) is 0 Å². The molecule has 2 N–H and O–H groups in total. The topological polar surface area (TPSA) is 102 Å². The summed E-state index contributed by atoms with van der Waals surface area (Å²) in [5, 5.41) is 7.10. The van der Waals surface area contributed by atoms with E-state index in [9.17, 15) is 13.2 Å². The van der Waals surface area contributed by atoms with Gasteiger partial charge in [-0.2, -0.15) is 0 Å². The highest BCUT2D eigenvalue weighted by atomic mass is 32.2. The average molecular weight is 253 g/mol. The van der Waals surface area contributed by atoms with E-state index in [0.717, 1.165) is 6.92 Å². The van der Waals surface area contributed by atoms with Crippen LogP contribution in [0.1, 0.15) is 6.92 Å². The van der Waals surface area contributed by atoms with Crippen LogP contribution in [0.15, 0.2) is 0 Å². The molecule has 0 aromatic carbocycles. The van der Waals surface area contributed by atoms with E-state index in [-0.39, 0.29) is 12.6 Å². The predicted molar refractivity (Wildman–Crippen MR) is 54.6 cm³/mol. The maximum Gasteiger partial charge on any atom is 0.323 e. The first-order chi connectivity index (χ1) is 7.43. The summed E-state index contributed by atoms with van der Waals surface area (Å²) in [6.45, 7) is 2.36. The third-order valence-electron chi connectivity index (χ3n) is 2.21. The van der Waals surface area contributed by atoms with Crippen molar-refractivity contribution >= 4 is 16.0 Å². The van der Waals surface area contributed by atoms with Crippen molar-refractivity contribution in [2.45, 2.75) is 18.3 Å². The second-order valence-electron chi connectivity index (χ2n) is 3.44. The van der Waals surface area contributed by atoms with Crippen molar-refractivity contribution in [3.63, 3.8) is 0 Å². The van der Waals surface area contributed by atoms with Gasteiger partial charge in [0.05, 0.1) is 25.9 Å². The quantitative estimate of drug-likeness (QED) is 0.637. The minimum atomic E-state index is -3.84. The number of aliphatic carboxylic acids is 1. The van der Waals surface area contributed by atoms with Crippen LogP contribution in [0.25, 0.3) is 0 Å². The second-order valence-corrected chi connectivity index (χ2v) is 5.53. The van der Waals surface area contributed by atoms with Gasteiger partial charge in [-0.25, -0.2) is 13.1 Å². The minimum absolute atomic E-state index is 0.0277. The number of carboxylic acids is 1. The van der Waals surface area contributed by atoms with Gasteiger partial charge in [0.15, 0.2) is 5.25 Å². The smallest absolute Gasteiger partial charge is 0.323 e. The zero-order chi connectivity index (χ0) is 12.2. The molecule has 0 spiro atoms. The lowest BCUT2D eigenvalue weighted by atomic mass is 10.3. The molecule has 1 rings (SSSR count). The van der Waals surface area contributed by atoms with Gasteiger partial charge in [0.2, 0.25) is 10.0 Å². The molecule has 94 valence electrons. The van der Waals surface area contributed by atoms with Crippen LogP contribution in [-0.4, -0.2) is 57.2 Å². The zero-order valence-corrected chi connectivity index (χ0v) is 9.70. The van der Waals surface area contributed by atoms with Crippen molar-refractivity contribution in [2.24, 2.45) is 0 Å². The highest BCUT2D eigenvalue weighted by Gasteiger charge is 2.28. The Hall–Kier alpha value is -0.700. The fourth-order valence-corrected chi connectivity index (χ4v) is 2.05. The Labute approximate surface area is 93.8 Å². The van der Waals surface area contributed by atoms with E-state index in [1.807, 2.05) is 0 Å². The Balaban J connectivity index is 2.44. The van der Waals surface area contributed by atoms with Crippen LogP contribution in [0.5, 0.6) is 0 Å². The highest BCUT2D eigenvalue weighted by Crippen LogP contribution is 2.02. The fraction of sp³-hybridized carbons (Fsp3) is 0.875. The van der Waals surface area contributed by atoms with Crippen LogP contribution in [0.3, 0.4) is 0 Å². The molecule has 1 aliphatic rings. The van der Waals surface area contributed by atoms with Crippen LogP contribution < -0.4 is 4.72 Å². The van der Waals surface area contributed by atoms with Crippen LogP contribution >= 0.6 is 0 Å². The van der Waals surface area contributed by atoms with Gasteiger partial charge in [-0.05, 0) is 6.92 Å². The summed E-state index contributed by atoms with van der Waals surface area (Å²) < 4.78 is 35.3. The van der Waals surface area contributed by atoms with Crippen molar-refractivity contribution in [3.8, 4) is 0 Å². The monoisotopic (exact) mass is 253 g/mol. The number of carbonyl (C=O) groups is 1. The van der Waals surface area contributed by atoms with Gasteiger partial charge < -0.3 is 14.6 Å². The minimum Gasteiger partial charge on any atom is -0.480 e. The lowest BCUT2D eigenvalue weighted by Gasteiger charge is -2.23. The molecule has 0 amide bonds. The lowest BCUT2D eigenvalue weighted by Crippen LogP contribution is -2.44. The average Bonchev–Trinajstić information content (AvgIpc) is 2.27. The Bertz CT molecular complexity index is 334. The predicted octanol–water partition coefficient (Wildman–Crippen LogP) is -1.21. The molecule has 1 heterocycles. The molecule has 2 unspecified atom stereocenters. The number of ether oxygens (including phenoxy) is 2. The summed E-state index contributed by atoms with van der Waals surface area (Å²) in [4.78, 5) is 10.5. The molecular formula is C8H15NO6S. The molecule has 0 saturated carbocycles. The van der Waals surface area contributed by atoms with Crippen molar-refractivity contribution in [3.05, 3.63) is 0 Å². The van der Waals surface area contributed by atoms with Crippen molar-refractivity contribution in [2.75, 3.05) is 26.4 Å². The largest absolute Gasteiger partial charge is 0.480 e. The number of carboxylic acid groups (broad SMARTS) is 1. The standard InChI is InChI=1S/C8H15NO6S/c1-6(8(10)11)16(12,13)9-4-7-5-14-2-3-15-7/h6-7,9H,2-5H2,1H3,(H,10,11). The molecule has 1 fully saturated rings. The lowest BCUT2D eigenvalue weighted by molar-refractivity contribution is -0.136. The van der Waals surface area contributed by atoms with Crippen LogP contribution in [0, 0.1) is 0 Å². The van der Waals surface area contributed by atoms with Gasteiger partial charge in [0, 0.05) is 6.54 Å². The molecule has 16 heavy (non-hydrogen) atoms. The van der Waals surface area contributed by atoms with E-state index in [0.29, 0.717) is 19.8 Å². The highest BCUT2D eigenvalue weighted by molar-refractivity contribution is 7.90. The van der Waals surface area contributed by atoms with Gasteiger partial charge in [-0.1, -0.05) is 0 Å². The third kappa shape index (κ3) is 3.71. The van der Waals surface area contributed by atoms with Gasteiger partial charge in [-0.3, -0.25) is 4.79 Å². The number of rotatable bonds is 5. The molecule has 1 saturated heterocycles. The number of hydrogen-bond acceptors (Lipinski definition) is 5. The zero-order valence-electron chi connectivity index (χ0n) is 8.88. The van der Waals surface area contributed by atoms with Crippen LogP contribution in [0.2, 0.25) is 0 Å². The van der Waals surface area contributed by atoms with Crippen molar-refractivity contribution in [1.29, 1.82) is 0 Å². The van der Waals surface area contributed by atoms with E-state index < -0.39 is 21.2 Å². The number of nitrogens with one attached hydrogen (secondary N) is 1. The molecule has 0 aromatic rings. The van der Waals surface area contributed by atoms with Gasteiger partial charge in [0.1, 0.15) is 0 Å². The molecule has 0 bridgehead atoms. The summed E-state index contributed by atoms with van der Waals surface area (Å²) in [6.07, 6.45) is -0.357. The normalized spacial score (nSPS) is 23.9. The Kier molecular flexibility index (Phi) is 4.66. The first kappa shape index (κ1) is 13.4. The molecule has 0 aliphatic carbocycles. The SMILES string of the molecule is CC(C(=O)O)S(=O)(=O)NCC1COCCO1. The Morgan fingerprint density at radius 2 is 2.25 bits per heavy atom. The summed E-state index contributed by atoms with van der Waals surface area (Å²) in [5.41, 5.74) is 0. The maximum absolute atomic E-state index is 11.4. The van der Waals surface area contributed by atoms with Crippen LogP contribution in [-0.2, 0) is 24.3 Å². The molecule has 0 radical (unpaired) electrons. The summed E-state index contributed by atoms with van der Waals surface area (Å²) in [5.74, 6) is -1.38. The first-order valence-electron chi connectivity index (χ1n) is 4.84. The van der Waals surface area contributed by atoms with Gasteiger partial charge in [0.25, 0.3) is 0 Å². The molecule has 1 aliphatic heterocycles. The summed E-state index contributed by atoms with van der Waals surface area (Å²) in [7, 11) is -3.84. The van der Waals surface area contributed by atoms with E-state index in [1.165, 1.54) is 0 Å². The Morgan fingerprint density at radius 1 is 1.56 bits per heavy atom. The molecule has 0 aromatic heterocycles. The third-order valence-corrected chi connectivity index (χ3v) is 3.91. The van der Waals surface area contributed by atoms with Crippen molar-refractivity contribution < 1.29 is 27.8 Å². The van der Waals surface area contributed by atoms with Gasteiger partial charge in [-0.15, -0.1) is 0 Å². The molecular weight excluding hydrogens is 238 g/mol. The molecule has 7 nitrogen and oxygen atoms in total. The molecule has 2 atom stereocenters. The van der Waals surface area contributed by atoms with E-state index >= 15 is 0 Å². The summed E-state index contributed by atoms with van der Waals surface area (Å²) >= 11 is 0. The van der Waals surface area contributed by atoms with E-state index in [4.69, 9.17) is 14.6 Å². The Morgan fingerprint density at radius 3 is 2.75 bits per heavy atom. The van der Waals surface area contributed by atoms with Crippen molar-refractivity contribution in [1.82, 2.24) is 4.72 Å². The molecule has 8 heteroatoms. The van der Waals surface area contributed by atoms with Crippen LogP contribution in [0.4, 0.5) is 0 Å². The fourth-order valence-electron chi connectivity index (χ4n) is 1.12. The second kappa shape index (κ2) is 5.58. The number of hydrogen-bond donors (Lipinski definition) is 2. The van der Waals surface area contributed by atoms with Gasteiger partial charge >= 0.3 is 5.97 Å². The maximum atomic E-state index is 11.4. The van der Waals surface area contributed by atoms with E-state index in [2.05, 4.69) is 4.72 Å².